The van der Waals surface area contributed by atoms with Crippen molar-refractivity contribution in [3.8, 4) is 5.75 Å². The van der Waals surface area contributed by atoms with E-state index in [1.165, 1.54) is 6.07 Å². The zero-order valence-corrected chi connectivity index (χ0v) is 16.0. The van der Waals surface area contributed by atoms with Gasteiger partial charge in [0.15, 0.2) is 5.52 Å². The average Bonchev–Trinajstić information content (AvgIpc) is 2.59. The number of aryl methyl sites for hydroxylation is 1. The standard InChI is InChI=1S/C19H17F6O2P.Li.H/c1-3-9-27-12-7-8-15(11(2)10-12)28-17(26)16-13(18(20,21)22)5-4-6-14(16)19(23,24)25;;/h4-8,10,28H,3,9H2,1-2H3;;. The van der Waals surface area contributed by atoms with Crippen LogP contribution in [-0.4, -0.2) is 31.0 Å². The number of hydrogen-bond acceptors (Lipinski definition) is 2. The Labute approximate surface area is 178 Å². The van der Waals surface area contributed by atoms with Crippen LogP contribution in [0.1, 0.15) is 40.4 Å². The summed E-state index contributed by atoms with van der Waals surface area (Å²) in [7, 11) is -0.890. The molecular weight excluding hydrogens is 412 g/mol. The summed E-state index contributed by atoms with van der Waals surface area (Å²) >= 11 is 0. The van der Waals surface area contributed by atoms with Crippen molar-refractivity contribution >= 4 is 38.3 Å². The zero-order chi connectivity index (χ0) is 21.1. The second kappa shape index (κ2) is 10.0. The van der Waals surface area contributed by atoms with E-state index in [1.807, 2.05) is 6.92 Å². The maximum absolute atomic E-state index is 13.2. The van der Waals surface area contributed by atoms with E-state index in [0.717, 1.165) is 6.42 Å². The third kappa shape index (κ3) is 6.50. The fraction of sp³-hybridized carbons (Fsp3) is 0.316. The molecule has 0 radical (unpaired) electrons. The van der Waals surface area contributed by atoms with Gasteiger partial charge in [0, 0.05) is 5.56 Å². The molecule has 0 amide bonds. The van der Waals surface area contributed by atoms with E-state index in [-0.39, 0.29) is 18.9 Å². The molecule has 0 aliphatic carbocycles. The van der Waals surface area contributed by atoms with Crippen LogP contribution < -0.4 is 10.0 Å². The Morgan fingerprint density at radius 1 is 1.00 bits per heavy atom. The van der Waals surface area contributed by atoms with Gasteiger partial charge in [-0.25, -0.2) is 0 Å². The summed E-state index contributed by atoms with van der Waals surface area (Å²) in [5.74, 6) is 0.520. The van der Waals surface area contributed by atoms with Crippen molar-refractivity contribution < 1.29 is 35.9 Å². The molecule has 0 saturated heterocycles. The molecular formula is C19H18F6LiO2P. The first-order valence-corrected chi connectivity index (χ1v) is 9.27. The van der Waals surface area contributed by atoms with Crippen LogP contribution in [0.15, 0.2) is 36.4 Å². The molecule has 2 aromatic carbocycles. The quantitative estimate of drug-likeness (QED) is 0.353. The molecule has 0 fully saturated rings. The summed E-state index contributed by atoms with van der Waals surface area (Å²) < 4.78 is 84.8. The summed E-state index contributed by atoms with van der Waals surface area (Å²) in [6, 6.07) is 6.25. The second-order valence-electron chi connectivity index (χ2n) is 6.00. The molecule has 2 rings (SSSR count). The third-order valence-electron chi connectivity index (χ3n) is 3.82. The summed E-state index contributed by atoms with van der Waals surface area (Å²) in [5.41, 5.74) is -5.17. The Balaban J connectivity index is 0.00000420. The molecule has 0 spiro atoms. The molecule has 0 saturated carbocycles. The molecule has 1 unspecified atom stereocenters. The molecule has 0 N–H and O–H groups in total. The van der Waals surface area contributed by atoms with Crippen molar-refractivity contribution in [1.29, 1.82) is 0 Å². The number of rotatable bonds is 6. The summed E-state index contributed by atoms with van der Waals surface area (Å²) in [4.78, 5) is 12.5. The first-order valence-electron chi connectivity index (χ1n) is 8.27. The van der Waals surface area contributed by atoms with E-state index in [0.29, 0.717) is 41.4 Å². The number of carbonyl (C=O) groups is 1. The van der Waals surface area contributed by atoms with Gasteiger partial charge < -0.3 is 4.74 Å². The fourth-order valence-electron chi connectivity index (χ4n) is 2.54. The van der Waals surface area contributed by atoms with Gasteiger partial charge in [0.2, 0.25) is 0 Å². The molecule has 0 aliphatic rings. The van der Waals surface area contributed by atoms with Crippen molar-refractivity contribution in [2.45, 2.75) is 32.6 Å². The molecule has 10 heteroatoms. The number of hydrogen-bond donors (Lipinski definition) is 0. The van der Waals surface area contributed by atoms with E-state index in [1.54, 1.807) is 19.1 Å². The number of halogens is 6. The fourth-order valence-corrected chi connectivity index (χ4v) is 3.62. The Hall–Kier alpha value is -1.48. The molecule has 1 atom stereocenters. The van der Waals surface area contributed by atoms with Gasteiger partial charge >= 0.3 is 31.2 Å². The van der Waals surface area contributed by atoms with Crippen molar-refractivity contribution in [3.63, 3.8) is 0 Å². The molecule has 29 heavy (non-hydrogen) atoms. The molecule has 0 aliphatic heterocycles. The number of alkyl halides is 6. The monoisotopic (exact) mass is 430 g/mol. The van der Waals surface area contributed by atoms with Gasteiger partial charge in [0.1, 0.15) is 5.75 Å². The van der Waals surface area contributed by atoms with Gasteiger partial charge in [0.25, 0.3) is 0 Å². The van der Waals surface area contributed by atoms with Crippen LogP contribution in [0.2, 0.25) is 0 Å². The van der Waals surface area contributed by atoms with Gasteiger partial charge in [-0.1, -0.05) is 19.1 Å². The summed E-state index contributed by atoms with van der Waals surface area (Å²) in [5, 5.41) is 0.360. The predicted molar refractivity (Wildman–Crippen MR) is 103 cm³/mol. The van der Waals surface area contributed by atoms with Crippen LogP contribution in [0, 0.1) is 6.92 Å². The van der Waals surface area contributed by atoms with Crippen molar-refractivity contribution in [3.05, 3.63) is 58.7 Å². The van der Waals surface area contributed by atoms with Gasteiger partial charge in [-0.3, -0.25) is 4.79 Å². The molecule has 154 valence electrons. The third-order valence-corrected chi connectivity index (χ3v) is 5.13. The van der Waals surface area contributed by atoms with Gasteiger partial charge in [-0.05, 0) is 57.1 Å². The molecule has 2 aromatic rings. The van der Waals surface area contributed by atoms with E-state index in [2.05, 4.69) is 0 Å². The van der Waals surface area contributed by atoms with Crippen LogP contribution >= 0.6 is 8.58 Å². The second-order valence-corrected chi connectivity index (χ2v) is 7.25. The summed E-state index contributed by atoms with van der Waals surface area (Å²) in [6.45, 7) is 4.00. The van der Waals surface area contributed by atoms with Crippen LogP contribution in [0.4, 0.5) is 26.3 Å². The molecule has 0 heterocycles. The van der Waals surface area contributed by atoms with E-state index >= 15 is 0 Å². The minimum atomic E-state index is -5.08. The Morgan fingerprint density at radius 2 is 1.55 bits per heavy atom. The van der Waals surface area contributed by atoms with Crippen molar-refractivity contribution in [1.82, 2.24) is 0 Å². The van der Waals surface area contributed by atoms with Crippen molar-refractivity contribution in [2.75, 3.05) is 6.61 Å². The van der Waals surface area contributed by atoms with E-state index < -0.39 is 43.1 Å². The molecule has 2 nitrogen and oxygen atoms in total. The number of benzene rings is 2. The van der Waals surface area contributed by atoms with Gasteiger partial charge in [0.05, 0.1) is 17.7 Å². The van der Waals surface area contributed by atoms with Crippen LogP contribution in [-0.2, 0) is 12.4 Å². The molecule has 0 aromatic heterocycles. The zero-order valence-electron chi connectivity index (χ0n) is 15.0. The molecule has 0 bridgehead atoms. The van der Waals surface area contributed by atoms with E-state index in [4.69, 9.17) is 4.74 Å². The van der Waals surface area contributed by atoms with Gasteiger partial charge in [-0.2, -0.15) is 26.3 Å². The summed E-state index contributed by atoms with van der Waals surface area (Å²) in [6.07, 6.45) is -9.39. The Bertz CT molecular complexity index is 833. The van der Waals surface area contributed by atoms with Crippen LogP contribution in [0.5, 0.6) is 5.75 Å². The Morgan fingerprint density at radius 3 is 2.00 bits per heavy atom. The maximum atomic E-state index is 13.2. The number of carbonyl (C=O) groups excluding carboxylic acids is 1. The first-order chi connectivity index (χ1) is 12.9. The van der Waals surface area contributed by atoms with Crippen molar-refractivity contribution in [2.24, 2.45) is 0 Å². The SMILES string of the molecule is CCCOc1ccc(PC(=O)c2c(C(F)(F)F)cccc2C(F)(F)F)c(C)c1.[LiH]. The number of ether oxygens (including phenoxy) is 1. The van der Waals surface area contributed by atoms with E-state index in [9.17, 15) is 31.1 Å². The predicted octanol–water partition coefficient (Wildman–Crippen LogP) is 5.32. The van der Waals surface area contributed by atoms with Crippen LogP contribution in [0.25, 0.3) is 0 Å². The normalized spacial score (nSPS) is 12.1. The Kier molecular flexibility index (Phi) is 8.83. The first kappa shape index (κ1) is 25.6. The minimum absolute atomic E-state index is 0. The van der Waals surface area contributed by atoms with Gasteiger partial charge in [-0.15, -0.1) is 0 Å². The van der Waals surface area contributed by atoms with Crippen LogP contribution in [0.3, 0.4) is 0 Å². The average molecular weight is 430 g/mol. The topological polar surface area (TPSA) is 26.3 Å².